The van der Waals surface area contributed by atoms with Crippen LogP contribution in [0.1, 0.15) is 58.3 Å². The number of esters is 1. The van der Waals surface area contributed by atoms with Crippen molar-refractivity contribution in [3.8, 4) is 0 Å². The Morgan fingerprint density at radius 3 is 2.23 bits per heavy atom. The number of carbonyl (C=O) groups excluding carboxylic acids is 2. The molecule has 31 heavy (non-hydrogen) atoms. The van der Waals surface area contributed by atoms with Crippen molar-refractivity contribution in [1.82, 2.24) is 9.47 Å². The molecule has 9 heteroatoms. The lowest BCUT2D eigenvalue weighted by Gasteiger charge is -2.27. The second-order valence-corrected chi connectivity index (χ2v) is 9.31. The first-order valence-corrected chi connectivity index (χ1v) is 11.9. The Morgan fingerprint density at radius 2 is 1.65 bits per heavy atom. The summed E-state index contributed by atoms with van der Waals surface area (Å²) in [4.78, 5) is 26.8. The first-order valence-electron chi connectivity index (χ1n) is 10.4. The van der Waals surface area contributed by atoms with Crippen molar-refractivity contribution in [2.45, 2.75) is 44.9 Å². The second-order valence-electron chi connectivity index (χ2n) is 7.69. The Bertz CT molecular complexity index is 1080. The van der Waals surface area contributed by atoms with Gasteiger partial charge in [0.1, 0.15) is 4.90 Å². The summed E-state index contributed by atoms with van der Waals surface area (Å²) >= 11 is 0. The Labute approximate surface area is 183 Å². The van der Waals surface area contributed by atoms with Gasteiger partial charge in [-0.15, -0.1) is 0 Å². The lowest BCUT2D eigenvalue weighted by Crippen LogP contribution is -2.36. The average molecular weight is 448 g/mol. The molecule has 1 saturated heterocycles. The highest BCUT2D eigenvalue weighted by molar-refractivity contribution is 7.92. The van der Waals surface area contributed by atoms with E-state index in [4.69, 9.17) is 4.74 Å². The molecule has 0 atom stereocenters. The van der Waals surface area contributed by atoms with Crippen LogP contribution in [0.5, 0.6) is 0 Å². The highest BCUT2D eigenvalue weighted by atomic mass is 32.2. The highest BCUT2D eigenvalue weighted by Crippen LogP contribution is 2.30. The van der Waals surface area contributed by atoms with Gasteiger partial charge in [0.2, 0.25) is 0 Å². The predicted octanol–water partition coefficient (Wildman–Crippen LogP) is 3.25. The molecule has 0 saturated carbocycles. The van der Waals surface area contributed by atoms with Gasteiger partial charge in [-0.2, -0.15) is 0 Å². The molecule has 8 nitrogen and oxygen atoms in total. The highest BCUT2D eigenvalue weighted by Gasteiger charge is 2.33. The van der Waals surface area contributed by atoms with Crippen LogP contribution in [-0.2, 0) is 21.8 Å². The number of piperidine rings is 1. The molecule has 1 aliphatic rings. The molecule has 0 unspecified atom stereocenters. The van der Waals surface area contributed by atoms with E-state index in [9.17, 15) is 18.0 Å². The number of hydrogen-bond acceptors (Lipinski definition) is 5. The lowest BCUT2D eigenvalue weighted by molar-refractivity contribution is 0.0526. The van der Waals surface area contributed by atoms with Crippen molar-refractivity contribution in [2.75, 3.05) is 24.4 Å². The zero-order valence-electron chi connectivity index (χ0n) is 18.4. The van der Waals surface area contributed by atoms with Gasteiger partial charge in [-0.25, -0.2) is 13.2 Å². The predicted molar refractivity (Wildman–Crippen MR) is 118 cm³/mol. The maximum absolute atomic E-state index is 13.3. The molecular weight excluding hydrogens is 418 g/mol. The van der Waals surface area contributed by atoms with E-state index < -0.39 is 16.0 Å². The summed E-state index contributed by atoms with van der Waals surface area (Å²) in [6, 6.07) is 6.00. The zero-order valence-corrected chi connectivity index (χ0v) is 19.2. The van der Waals surface area contributed by atoms with E-state index in [0.717, 1.165) is 19.3 Å². The Kier molecular flexibility index (Phi) is 6.74. The second kappa shape index (κ2) is 9.13. The molecule has 2 aromatic rings. The lowest BCUT2D eigenvalue weighted by atomic mass is 10.1. The van der Waals surface area contributed by atoms with Gasteiger partial charge in [-0.3, -0.25) is 9.52 Å². The number of benzene rings is 1. The number of carbonyl (C=O) groups is 2. The fourth-order valence-corrected chi connectivity index (χ4v) is 5.43. The summed E-state index contributed by atoms with van der Waals surface area (Å²) in [5.41, 5.74) is 1.96. The van der Waals surface area contributed by atoms with Crippen molar-refractivity contribution >= 4 is 27.6 Å². The van der Waals surface area contributed by atoms with E-state index >= 15 is 0 Å². The molecule has 1 aromatic carbocycles. The van der Waals surface area contributed by atoms with E-state index in [1.165, 1.54) is 24.3 Å². The van der Waals surface area contributed by atoms with Gasteiger partial charge in [0.15, 0.2) is 0 Å². The molecule has 1 fully saturated rings. The molecule has 1 aromatic heterocycles. The molecule has 0 radical (unpaired) electrons. The van der Waals surface area contributed by atoms with Crippen LogP contribution in [-0.4, -0.2) is 49.5 Å². The van der Waals surface area contributed by atoms with E-state index in [1.807, 2.05) is 0 Å². The largest absolute Gasteiger partial charge is 0.462 e. The summed E-state index contributed by atoms with van der Waals surface area (Å²) < 4.78 is 35.9. The number of anilines is 1. The van der Waals surface area contributed by atoms with Crippen LogP contribution < -0.4 is 4.72 Å². The third kappa shape index (κ3) is 4.61. The zero-order chi connectivity index (χ0) is 22.8. The summed E-state index contributed by atoms with van der Waals surface area (Å²) in [6.07, 6.45) is 2.92. The smallest absolute Gasteiger partial charge is 0.338 e. The number of nitrogens with zero attached hydrogens (tertiary/aromatic N) is 2. The average Bonchev–Trinajstić information content (AvgIpc) is 2.99. The van der Waals surface area contributed by atoms with E-state index in [1.54, 1.807) is 37.3 Å². The number of nitrogens with one attached hydrogen (secondary N) is 1. The first kappa shape index (κ1) is 22.9. The summed E-state index contributed by atoms with van der Waals surface area (Å²) in [5.74, 6) is -0.722. The molecule has 0 spiro atoms. The van der Waals surface area contributed by atoms with Gasteiger partial charge in [-0.05, 0) is 64.3 Å². The summed E-state index contributed by atoms with van der Waals surface area (Å²) in [5, 5.41) is 0. The number of amides is 1. The fourth-order valence-electron chi connectivity index (χ4n) is 3.85. The maximum Gasteiger partial charge on any atom is 0.338 e. The topological polar surface area (TPSA) is 97.7 Å². The minimum Gasteiger partial charge on any atom is -0.462 e. The third-order valence-electron chi connectivity index (χ3n) is 5.70. The van der Waals surface area contributed by atoms with Gasteiger partial charge in [-0.1, -0.05) is 0 Å². The van der Waals surface area contributed by atoms with Crippen molar-refractivity contribution in [1.29, 1.82) is 0 Å². The van der Waals surface area contributed by atoms with Crippen LogP contribution in [0.15, 0.2) is 29.2 Å². The monoisotopic (exact) mass is 447 g/mol. The molecule has 1 aliphatic heterocycles. The molecule has 0 bridgehead atoms. The van der Waals surface area contributed by atoms with Crippen LogP contribution in [0.4, 0.5) is 5.69 Å². The van der Waals surface area contributed by atoms with Gasteiger partial charge in [0, 0.05) is 37.2 Å². The van der Waals surface area contributed by atoms with E-state index in [-0.39, 0.29) is 23.0 Å². The number of likely N-dealkylation sites (tertiary alicyclic amines) is 1. The molecular formula is C22H29N3O5S. The standard InChI is InChI=1S/C22H29N3O5S/c1-5-30-22(27)17-9-11-18(12-10-17)23-31(28,29)20-16(3)24(4)15(2)19(20)21(26)25-13-7-6-8-14-25/h9-12,23H,5-8,13-14H2,1-4H3. The Hall–Kier alpha value is -2.81. The minimum absolute atomic E-state index is 0.00228. The van der Waals surface area contributed by atoms with Gasteiger partial charge >= 0.3 is 5.97 Å². The van der Waals surface area contributed by atoms with Gasteiger partial charge in [0.05, 0.1) is 17.7 Å². The number of rotatable bonds is 6. The molecule has 2 heterocycles. The quantitative estimate of drug-likeness (QED) is 0.686. The minimum atomic E-state index is -4.04. The molecule has 1 amide bonds. The van der Waals surface area contributed by atoms with Crippen LogP contribution in [0.3, 0.4) is 0 Å². The molecule has 0 aliphatic carbocycles. The number of aromatic nitrogens is 1. The Morgan fingerprint density at radius 1 is 1.03 bits per heavy atom. The first-order chi connectivity index (χ1) is 14.7. The molecule has 168 valence electrons. The fraction of sp³-hybridized carbons (Fsp3) is 0.455. The van der Waals surface area contributed by atoms with Crippen molar-refractivity contribution < 1.29 is 22.7 Å². The van der Waals surface area contributed by atoms with Gasteiger partial charge < -0.3 is 14.2 Å². The maximum atomic E-state index is 13.3. The normalized spacial score (nSPS) is 14.4. The van der Waals surface area contributed by atoms with Crippen LogP contribution in [0.25, 0.3) is 0 Å². The van der Waals surface area contributed by atoms with Gasteiger partial charge in [0.25, 0.3) is 15.9 Å². The number of ether oxygens (including phenoxy) is 1. The molecule has 1 N–H and O–H groups in total. The van der Waals surface area contributed by atoms with Crippen molar-refractivity contribution in [3.63, 3.8) is 0 Å². The van der Waals surface area contributed by atoms with Crippen LogP contribution in [0, 0.1) is 13.8 Å². The van der Waals surface area contributed by atoms with Crippen LogP contribution in [0.2, 0.25) is 0 Å². The summed E-state index contributed by atoms with van der Waals surface area (Å²) in [7, 11) is -2.28. The third-order valence-corrected chi connectivity index (χ3v) is 7.24. The SMILES string of the molecule is CCOC(=O)c1ccc(NS(=O)(=O)c2c(C(=O)N3CCCCC3)c(C)n(C)c2C)cc1. The number of hydrogen-bond donors (Lipinski definition) is 1. The Balaban J connectivity index is 1.94. The van der Waals surface area contributed by atoms with E-state index in [2.05, 4.69) is 4.72 Å². The molecule has 3 rings (SSSR count). The van der Waals surface area contributed by atoms with Crippen LogP contribution >= 0.6 is 0 Å². The summed E-state index contributed by atoms with van der Waals surface area (Å²) in [6.45, 7) is 6.69. The number of sulfonamides is 1. The van der Waals surface area contributed by atoms with Crippen molar-refractivity contribution in [3.05, 3.63) is 46.8 Å². The van der Waals surface area contributed by atoms with E-state index in [0.29, 0.717) is 35.7 Å². The van der Waals surface area contributed by atoms with Crippen molar-refractivity contribution in [2.24, 2.45) is 7.05 Å².